The van der Waals surface area contributed by atoms with Gasteiger partial charge in [-0.3, -0.25) is 14.4 Å². The molecule has 2 aliphatic rings. The standard InChI is InChI=1S/C25H28FN7O5/c1-5-15-8-20-32(13-19(34)28-18-7-6-14(26)9-27-18)21-17(22(35)33(20)29-15)12-31(23(21)36)16-10-30(11-16)24(37)38-25(2,3)4/h6-9,16H,5,10-13H2,1-4H3,(H,27,28,34). The summed E-state index contributed by atoms with van der Waals surface area (Å²) in [7, 11) is 0. The van der Waals surface area contributed by atoms with Gasteiger partial charge in [0.25, 0.3) is 11.5 Å². The molecule has 0 spiro atoms. The van der Waals surface area contributed by atoms with Crippen LogP contribution in [0.4, 0.5) is 15.0 Å². The van der Waals surface area contributed by atoms with Crippen LogP contribution in [0.5, 0.6) is 0 Å². The lowest BCUT2D eigenvalue weighted by atomic mass is 10.1. The van der Waals surface area contributed by atoms with Crippen molar-refractivity contribution in [1.82, 2.24) is 29.0 Å². The van der Waals surface area contributed by atoms with E-state index in [4.69, 9.17) is 4.74 Å². The van der Waals surface area contributed by atoms with E-state index >= 15 is 0 Å². The molecular formula is C25H28FN7O5. The Kier molecular flexibility index (Phi) is 6.16. The van der Waals surface area contributed by atoms with Crippen LogP contribution in [0, 0.1) is 5.82 Å². The Labute approximate surface area is 217 Å². The molecule has 0 unspecified atom stereocenters. The van der Waals surface area contributed by atoms with E-state index in [0.717, 1.165) is 6.20 Å². The van der Waals surface area contributed by atoms with Crippen LogP contribution in [0.1, 0.15) is 49.4 Å². The van der Waals surface area contributed by atoms with E-state index in [9.17, 15) is 23.6 Å². The molecule has 3 amide bonds. The molecule has 1 saturated heterocycles. The number of aryl methyl sites for hydroxylation is 1. The van der Waals surface area contributed by atoms with Crippen LogP contribution in [-0.4, -0.2) is 71.6 Å². The molecular weight excluding hydrogens is 497 g/mol. The van der Waals surface area contributed by atoms with Crippen molar-refractivity contribution < 1.29 is 23.5 Å². The lowest BCUT2D eigenvalue weighted by Crippen LogP contribution is -2.61. The SMILES string of the molecule is CCc1cc2n(CC(=O)Nc3ccc(F)cn3)c3c(c(=O)n2n1)CN(C1CN(C(=O)OC(C)(C)C)C1)C3=O. The first-order chi connectivity index (χ1) is 17.9. The first kappa shape index (κ1) is 25.4. The number of amides is 3. The maximum absolute atomic E-state index is 13.6. The average molecular weight is 526 g/mol. The molecule has 0 radical (unpaired) electrons. The molecule has 1 fully saturated rings. The highest BCUT2D eigenvalue weighted by atomic mass is 19.1. The fraction of sp³-hybridized carbons (Fsp3) is 0.440. The molecule has 5 rings (SSSR count). The van der Waals surface area contributed by atoms with Gasteiger partial charge in [-0.1, -0.05) is 6.92 Å². The second kappa shape index (κ2) is 9.23. The quantitative estimate of drug-likeness (QED) is 0.538. The first-order valence-electron chi connectivity index (χ1n) is 12.3. The molecule has 200 valence electrons. The normalized spacial score (nSPS) is 15.6. The number of pyridine rings is 1. The highest BCUT2D eigenvalue weighted by Crippen LogP contribution is 2.28. The van der Waals surface area contributed by atoms with E-state index in [1.807, 2.05) is 6.92 Å². The van der Waals surface area contributed by atoms with E-state index in [1.165, 1.54) is 26.1 Å². The van der Waals surface area contributed by atoms with Crippen LogP contribution in [0.3, 0.4) is 0 Å². The fourth-order valence-corrected chi connectivity index (χ4v) is 4.56. The van der Waals surface area contributed by atoms with E-state index < -0.39 is 34.9 Å². The second-order valence-corrected chi connectivity index (χ2v) is 10.4. The van der Waals surface area contributed by atoms with Crippen LogP contribution >= 0.6 is 0 Å². The van der Waals surface area contributed by atoms with Crippen LogP contribution in [-0.2, 0) is 29.0 Å². The number of aromatic nitrogens is 4. The summed E-state index contributed by atoms with van der Waals surface area (Å²) in [5, 5.41) is 6.96. The Morgan fingerprint density at radius 3 is 2.58 bits per heavy atom. The molecule has 2 aliphatic heterocycles. The number of hydrogen-bond donors (Lipinski definition) is 1. The topological polar surface area (TPSA) is 131 Å². The number of carbonyl (C=O) groups excluding carboxylic acids is 3. The predicted octanol–water partition coefficient (Wildman–Crippen LogP) is 1.81. The van der Waals surface area contributed by atoms with Gasteiger partial charge in [0.2, 0.25) is 5.91 Å². The summed E-state index contributed by atoms with van der Waals surface area (Å²) >= 11 is 0. The maximum Gasteiger partial charge on any atom is 0.410 e. The van der Waals surface area contributed by atoms with Gasteiger partial charge in [-0.15, -0.1) is 0 Å². The number of ether oxygens (including phenoxy) is 1. The second-order valence-electron chi connectivity index (χ2n) is 10.4. The van der Waals surface area contributed by atoms with Crippen molar-refractivity contribution in [2.45, 2.75) is 58.8 Å². The molecule has 3 aromatic rings. The number of halogens is 1. The zero-order valence-electron chi connectivity index (χ0n) is 21.5. The van der Waals surface area contributed by atoms with Crippen molar-refractivity contribution in [3.05, 3.63) is 57.5 Å². The summed E-state index contributed by atoms with van der Waals surface area (Å²) in [5.41, 5.74) is 0.231. The Hall–Kier alpha value is -4.29. The third-order valence-corrected chi connectivity index (χ3v) is 6.43. The van der Waals surface area contributed by atoms with Gasteiger partial charge in [0.1, 0.15) is 35.1 Å². The fourth-order valence-electron chi connectivity index (χ4n) is 4.56. The molecule has 1 N–H and O–H groups in total. The third kappa shape index (κ3) is 4.59. The Balaban J connectivity index is 1.43. The van der Waals surface area contributed by atoms with E-state index in [-0.39, 0.29) is 49.3 Å². The van der Waals surface area contributed by atoms with Gasteiger partial charge in [-0.25, -0.2) is 14.2 Å². The highest BCUT2D eigenvalue weighted by molar-refractivity contribution is 5.99. The minimum absolute atomic E-state index is 0.0399. The molecule has 5 heterocycles. The molecule has 0 aromatic carbocycles. The Morgan fingerprint density at radius 2 is 1.95 bits per heavy atom. The minimum Gasteiger partial charge on any atom is -0.444 e. The zero-order valence-corrected chi connectivity index (χ0v) is 21.5. The molecule has 3 aromatic heterocycles. The van der Waals surface area contributed by atoms with Gasteiger partial charge in [0.15, 0.2) is 0 Å². The van der Waals surface area contributed by atoms with Gasteiger partial charge in [-0.2, -0.15) is 9.61 Å². The number of anilines is 1. The lowest BCUT2D eigenvalue weighted by Gasteiger charge is -2.43. The van der Waals surface area contributed by atoms with E-state index in [2.05, 4.69) is 15.4 Å². The van der Waals surface area contributed by atoms with E-state index in [1.54, 1.807) is 31.7 Å². The number of likely N-dealkylation sites (tertiary alicyclic amines) is 1. The number of nitrogens with one attached hydrogen (secondary N) is 1. The average Bonchev–Trinajstić information content (AvgIpc) is 3.39. The van der Waals surface area contributed by atoms with Crippen LogP contribution in [0.2, 0.25) is 0 Å². The van der Waals surface area contributed by atoms with Crippen molar-refractivity contribution in [1.29, 1.82) is 0 Å². The maximum atomic E-state index is 13.6. The monoisotopic (exact) mass is 525 g/mol. The number of hydrogen-bond acceptors (Lipinski definition) is 7. The lowest BCUT2D eigenvalue weighted by molar-refractivity contribution is -0.116. The number of nitrogens with zero attached hydrogens (tertiary/aromatic N) is 6. The molecule has 12 nitrogen and oxygen atoms in total. The van der Waals surface area contributed by atoms with E-state index in [0.29, 0.717) is 17.8 Å². The Bertz CT molecular complexity index is 1500. The summed E-state index contributed by atoms with van der Waals surface area (Å²) in [6.07, 6.45) is 1.07. The number of rotatable bonds is 5. The smallest absolute Gasteiger partial charge is 0.410 e. The Morgan fingerprint density at radius 1 is 1.21 bits per heavy atom. The van der Waals surface area contributed by atoms with Crippen LogP contribution in [0.25, 0.3) is 5.65 Å². The van der Waals surface area contributed by atoms with Gasteiger partial charge in [-0.05, 0) is 39.3 Å². The van der Waals surface area contributed by atoms with Gasteiger partial charge < -0.3 is 24.4 Å². The van der Waals surface area contributed by atoms with Crippen molar-refractivity contribution in [2.75, 3.05) is 18.4 Å². The molecule has 38 heavy (non-hydrogen) atoms. The van der Waals surface area contributed by atoms with Crippen LogP contribution < -0.4 is 10.9 Å². The van der Waals surface area contributed by atoms with Crippen molar-refractivity contribution in [3.63, 3.8) is 0 Å². The predicted molar refractivity (Wildman–Crippen MR) is 133 cm³/mol. The summed E-state index contributed by atoms with van der Waals surface area (Å²) in [6.45, 7) is 7.51. The number of fused-ring (bicyclic) bond motifs is 2. The molecule has 0 saturated carbocycles. The largest absolute Gasteiger partial charge is 0.444 e. The van der Waals surface area contributed by atoms with Crippen molar-refractivity contribution in [2.24, 2.45) is 0 Å². The zero-order chi connectivity index (χ0) is 27.4. The summed E-state index contributed by atoms with van der Waals surface area (Å²) < 4.78 is 21.3. The summed E-state index contributed by atoms with van der Waals surface area (Å²) in [5.74, 6) is -1.30. The highest BCUT2D eigenvalue weighted by Gasteiger charge is 2.44. The molecule has 0 atom stereocenters. The van der Waals surface area contributed by atoms with Gasteiger partial charge in [0, 0.05) is 19.2 Å². The summed E-state index contributed by atoms with van der Waals surface area (Å²) in [6, 6.07) is 3.87. The van der Waals surface area contributed by atoms with Crippen molar-refractivity contribution >= 4 is 29.4 Å². The minimum atomic E-state index is -0.638. The van der Waals surface area contributed by atoms with Gasteiger partial charge >= 0.3 is 6.09 Å². The molecule has 0 aliphatic carbocycles. The molecule has 13 heteroatoms. The molecule has 0 bridgehead atoms. The third-order valence-electron chi connectivity index (χ3n) is 6.43. The summed E-state index contributed by atoms with van der Waals surface area (Å²) in [4.78, 5) is 59.1. The number of carbonyl (C=O) groups is 3. The van der Waals surface area contributed by atoms with Gasteiger partial charge in [0.05, 0.1) is 30.0 Å². The van der Waals surface area contributed by atoms with Crippen molar-refractivity contribution in [3.8, 4) is 0 Å². The first-order valence-corrected chi connectivity index (χ1v) is 12.3. The van der Waals surface area contributed by atoms with Crippen LogP contribution in [0.15, 0.2) is 29.2 Å².